The largest absolute Gasteiger partial charge is 0.354 e. The Bertz CT molecular complexity index is 701. The number of aryl methyl sites for hydroxylation is 1. The zero-order valence-corrected chi connectivity index (χ0v) is 16.8. The van der Waals surface area contributed by atoms with Gasteiger partial charge in [-0.1, -0.05) is 17.7 Å². The molecular formula is C17H19BrN2O2S2. The van der Waals surface area contributed by atoms with Crippen molar-refractivity contribution in [2.45, 2.75) is 11.8 Å². The Morgan fingerprint density at radius 2 is 1.92 bits per heavy atom. The van der Waals surface area contributed by atoms with Crippen LogP contribution in [0.15, 0.2) is 45.1 Å². The Labute approximate surface area is 158 Å². The SMILES string of the molecule is Cc1ccc(SCCNC(=O)CN(C)C(=O)c2ccc(Br)s2)cc1. The highest BCUT2D eigenvalue weighted by atomic mass is 79.9. The summed E-state index contributed by atoms with van der Waals surface area (Å²) >= 11 is 6.39. The maximum Gasteiger partial charge on any atom is 0.264 e. The normalized spacial score (nSPS) is 10.5. The molecule has 0 fully saturated rings. The van der Waals surface area contributed by atoms with Crippen molar-refractivity contribution in [3.63, 3.8) is 0 Å². The molecule has 0 aliphatic carbocycles. The predicted octanol–water partition coefficient (Wildman–Crippen LogP) is 3.80. The summed E-state index contributed by atoms with van der Waals surface area (Å²) in [4.78, 5) is 27.3. The molecule has 0 unspecified atom stereocenters. The lowest BCUT2D eigenvalue weighted by Crippen LogP contribution is -2.38. The van der Waals surface area contributed by atoms with Crippen molar-refractivity contribution < 1.29 is 9.59 Å². The van der Waals surface area contributed by atoms with Crippen LogP contribution in [0.3, 0.4) is 0 Å². The lowest BCUT2D eigenvalue weighted by molar-refractivity contribution is -0.121. The van der Waals surface area contributed by atoms with E-state index in [9.17, 15) is 9.59 Å². The van der Waals surface area contributed by atoms with Gasteiger partial charge in [0.2, 0.25) is 5.91 Å². The number of rotatable bonds is 7. The number of hydrogen-bond acceptors (Lipinski definition) is 4. The maximum absolute atomic E-state index is 12.2. The van der Waals surface area contributed by atoms with Crippen molar-refractivity contribution in [2.75, 3.05) is 25.9 Å². The highest BCUT2D eigenvalue weighted by molar-refractivity contribution is 9.11. The van der Waals surface area contributed by atoms with E-state index in [-0.39, 0.29) is 18.4 Å². The molecule has 0 saturated heterocycles. The van der Waals surface area contributed by atoms with Gasteiger partial charge in [-0.25, -0.2) is 0 Å². The van der Waals surface area contributed by atoms with Crippen LogP contribution >= 0.6 is 39.0 Å². The molecule has 1 N–H and O–H groups in total. The third-order valence-electron chi connectivity index (χ3n) is 3.23. The number of benzene rings is 1. The molecule has 2 amide bonds. The lowest BCUT2D eigenvalue weighted by atomic mass is 10.2. The van der Waals surface area contributed by atoms with Crippen LogP contribution in [0.25, 0.3) is 0 Å². The van der Waals surface area contributed by atoms with E-state index in [2.05, 4.69) is 52.4 Å². The Kier molecular flexibility index (Phi) is 7.33. The van der Waals surface area contributed by atoms with Crippen LogP contribution in [0.2, 0.25) is 0 Å². The predicted molar refractivity (Wildman–Crippen MR) is 104 cm³/mol. The summed E-state index contributed by atoms with van der Waals surface area (Å²) in [6, 6.07) is 11.9. The molecule has 0 aliphatic rings. The summed E-state index contributed by atoms with van der Waals surface area (Å²) in [5.41, 5.74) is 1.23. The van der Waals surface area contributed by atoms with Gasteiger partial charge in [0, 0.05) is 24.2 Å². The van der Waals surface area contributed by atoms with Crippen molar-refractivity contribution in [3.05, 3.63) is 50.6 Å². The number of nitrogens with one attached hydrogen (secondary N) is 1. The van der Waals surface area contributed by atoms with Gasteiger partial charge in [-0.2, -0.15) is 0 Å². The smallest absolute Gasteiger partial charge is 0.264 e. The van der Waals surface area contributed by atoms with Crippen LogP contribution in [0.5, 0.6) is 0 Å². The van der Waals surface area contributed by atoms with Gasteiger partial charge in [0.25, 0.3) is 5.91 Å². The summed E-state index contributed by atoms with van der Waals surface area (Å²) in [7, 11) is 1.64. The number of amides is 2. The van der Waals surface area contributed by atoms with Crippen molar-refractivity contribution in [1.82, 2.24) is 10.2 Å². The van der Waals surface area contributed by atoms with Crippen LogP contribution in [0.4, 0.5) is 0 Å². The van der Waals surface area contributed by atoms with E-state index in [1.54, 1.807) is 24.9 Å². The number of likely N-dealkylation sites (N-methyl/N-ethyl adjacent to an activating group) is 1. The minimum absolute atomic E-state index is 0.0591. The fraction of sp³-hybridized carbons (Fsp3) is 0.294. The first-order chi connectivity index (χ1) is 11.5. The summed E-state index contributed by atoms with van der Waals surface area (Å²) in [5.74, 6) is 0.505. The number of halogens is 1. The molecule has 1 heterocycles. The number of hydrogen-bond donors (Lipinski definition) is 1. The molecule has 0 atom stereocenters. The number of thiophene rings is 1. The molecule has 0 saturated carbocycles. The molecule has 2 aromatic rings. The summed E-state index contributed by atoms with van der Waals surface area (Å²) in [5, 5.41) is 2.85. The highest BCUT2D eigenvalue weighted by Gasteiger charge is 2.16. The zero-order chi connectivity index (χ0) is 17.5. The standard InChI is InChI=1S/C17H19BrN2O2S2/c1-12-3-5-13(6-4-12)23-10-9-19-16(21)11-20(2)17(22)14-7-8-15(18)24-14/h3-8H,9-11H2,1-2H3,(H,19,21). The van der Waals surface area contributed by atoms with E-state index in [0.717, 1.165) is 9.54 Å². The molecule has 128 valence electrons. The van der Waals surface area contributed by atoms with Crippen molar-refractivity contribution >= 4 is 50.8 Å². The molecule has 0 radical (unpaired) electrons. The second-order valence-corrected chi connectivity index (χ2v) is 8.91. The van der Waals surface area contributed by atoms with Gasteiger partial charge in [0.15, 0.2) is 0 Å². The van der Waals surface area contributed by atoms with Crippen molar-refractivity contribution in [2.24, 2.45) is 0 Å². The molecule has 1 aromatic carbocycles. The van der Waals surface area contributed by atoms with Gasteiger partial charge in [0.05, 0.1) is 15.2 Å². The van der Waals surface area contributed by atoms with Crippen LogP contribution in [-0.2, 0) is 4.79 Å². The monoisotopic (exact) mass is 426 g/mol. The average Bonchev–Trinajstić information content (AvgIpc) is 2.99. The molecule has 4 nitrogen and oxygen atoms in total. The topological polar surface area (TPSA) is 49.4 Å². The fourth-order valence-electron chi connectivity index (χ4n) is 1.95. The molecule has 2 rings (SSSR count). The van der Waals surface area contributed by atoms with E-state index < -0.39 is 0 Å². The fourth-order valence-corrected chi connectivity index (χ4v) is 4.10. The van der Waals surface area contributed by atoms with E-state index in [1.807, 2.05) is 6.07 Å². The third kappa shape index (κ3) is 5.96. The molecule has 0 bridgehead atoms. The Morgan fingerprint density at radius 1 is 1.21 bits per heavy atom. The van der Waals surface area contributed by atoms with Crippen LogP contribution in [-0.4, -0.2) is 42.6 Å². The molecule has 1 aromatic heterocycles. The minimum atomic E-state index is -0.147. The van der Waals surface area contributed by atoms with Gasteiger partial charge >= 0.3 is 0 Å². The van der Waals surface area contributed by atoms with E-state index >= 15 is 0 Å². The maximum atomic E-state index is 12.2. The number of carbonyl (C=O) groups excluding carboxylic acids is 2. The summed E-state index contributed by atoms with van der Waals surface area (Å²) in [6.45, 7) is 2.69. The highest BCUT2D eigenvalue weighted by Crippen LogP contribution is 2.23. The second kappa shape index (κ2) is 9.25. The van der Waals surface area contributed by atoms with E-state index in [0.29, 0.717) is 11.4 Å². The van der Waals surface area contributed by atoms with Gasteiger partial charge in [-0.3, -0.25) is 9.59 Å². The third-order valence-corrected chi connectivity index (χ3v) is 5.85. The second-order valence-electron chi connectivity index (χ2n) is 5.28. The van der Waals surface area contributed by atoms with Crippen LogP contribution in [0.1, 0.15) is 15.2 Å². The first-order valence-electron chi connectivity index (χ1n) is 7.42. The van der Waals surface area contributed by atoms with E-state index in [4.69, 9.17) is 0 Å². The molecular weight excluding hydrogens is 408 g/mol. The molecule has 0 aliphatic heterocycles. The molecule has 7 heteroatoms. The van der Waals surface area contributed by atoms with Crippen LogP contribution in [0, 0.1) is 6.92 Å². The number of nitrogens with zero attached hydrogens (tertiary/aromatic N) is 1. The zero-order valence-electron chi connectivity index (χ0n) is 13.5. The van der Waals surface area contributed by atoms with Crippen LogP contribution < -0.4 is 5.32 Å². The number of carbonyl (C=O) groups is 2. The van der Waals surface area contributed by atoms with Gasteiger partial charge in [-0.15, -0.1) is 23.1 Å². The first-order valence-corrected chi connectivity index (χ1v) is 10.0. The Balaban J connectivity index is 1.69. The minimum Gasteiger partial charge on any atom is -0.354 e. The van der Waals surface area contributed by atoms with Gasteiger partial charge < -0.3 is 10.2 Å². The quantitative estimate of drug-likeness (QED) is 0.540. The van der Waals surface area contributed by atoms with E-state index in [1.165, 1.54) is 26.7 Å². The summed E-state index contributed by atoms with van der Waals surface area (Å²) in [6.07, 6.45) is 0. The molecule has 0 spiro atoms. The average molecular weight is 427 g/mol. The molecule has 24 heavy (non-hydrogen) atoms. The van der Waals surface area contributed by atoms with Crippen molar-refractivity contribution in [3.8, 4) is 0 Å². The Hall–Kier alpha value is -1.31. The van der Waals surface area contributed by atoms with Gasteiger partial charge in [0.1, 0.15) is 0 Å². The first kappa shape index (κ1) is 19.0. The lowest BCUT2D eigenvalue weighted by Gasteiger charge is -2.15. The number of thioether (sulfide) groups is 1. The Morgan fingerprint density at radius 3 is 2.54 bits per heavy atom. The summed E-state index contributed by atoms with van der Waals surface area (Å²) < 4.78 is 0.900. The van der Waals surface area contributed by atoms with Crippen molar-refractivity contribution in [1.29, 1.82) is 0 Å². The van der Waals surface area contributed by atoms with Gasteiger partial charge in [-0.05, 0) is 47.1 Å².